The number of oxazole rings is 1. The maximum atomic E-state index is 6.14. The molecule has 0 aliphatic rings. The number of hydrogen-bond donors (Lipinski definition) is 0. The maximum Gasteiger partial charge on any atom is 0.401 e. The number of pyridine rings is 1. The summed E-state index contributed by atoms with van der Waals surface area (Å²) in [5, 5.41) is 0. The summed E-state index contributed by atoms with van der Waals surface area (Å²) in [6.07, 6.45) is 0. The first-order valence-corrected chi connectivity index (χ1v) is 8.89. The Morgan fingerprint density at radius 3 is 2.31 bits per heavy atom. The minimum absolute atomic E-state index is 0.657. The van der Waals surface area contributed by atoms with Crippen molar-refractivity contribution in [2.45, 2.75) is 27.7 Å². The van der Waals surface area contributed by atoms with Gasteiger partial charge in [0.05, 0.1) is 0 Å². The van der Waals surface area contributed by atoms with Gasteiger partial charge in [-0.3, -0.25) is 0 Å². The summed E-state index contributed by atoms with van der Waals surface area (Å²) >= 11 is 0. The fourth-order valence-corrected chi connectivity index (χ4v) is 3.45. The molecule has 0 atom stereocenters. The van der Waals surface area contributed by atoms with E-state index in [-0.39, 0.29) is 0 Å². The quantitative estimate of drug-likeness (QED) is 0.467. The molecule has 4 aromatic rings. The van der Waals surface area contributed by atoms with Gasteiger partial charge in [0.25, 0.3) is 0 Å². The standard InChI is InChI=1S/C23H23N2O/c1-14-6-8-18(9-7-14)22-24-20-10-11-21(25(5)23(20)26-22)19-13-15(2)12-16(3)17(19)4/h6-13H,1-5H3/q+1. The van der Waals surface area contributed by atoms with Crippen LogP contribution in [0.3, 0.4) is 0 Å². The van der Waals surface area contributed by atoms with Crippen LogP contribution in [0.15, 0.2) is 52.9 Å². The molecule has 0 radical (unpaired) electrons. The van der Waals surface area contributed by atoms with Crippen LogP contribution < -0.4 is 4.57 Å². The van der Waals surface area contributed by atoms with Gasteiger partial charge in [-0.2, -0.15) is 4.57 Å². The van der Waals surface area contributed by atoms with Crippen molar-refractivity contribution in [2.75, 3.05) is 0 Å². The number of nitrogens with zero attached hydrogens (tertiary/aromatic N) is 2. The molecular formula is C23H23N2O+. The molecule has 3 nitrogen and oxygen atoms in total. The van der Waals surface area contributed by atoms with Crippen molar-refractivity contribution < 1.29 is 8.98 Å². The molecule has 2 aromatic carbocycles. The first kappa shape index (κ1) is 16.5. The van der Waals surface area contributed by atoms with Crippen LogP contribution in [0.4, 0.5) is 0 Å². The predicted molar refractivity (Wildman–Crippen MR) is 105 cm³/mol. The van der Waals surface area contributed by atoms with Gasteiger partial charge in [-0.25, -0.2) is 4.98 Å². The summed E-state index contributed by atoms with van der Waals surface area (Å²) in [4.78, 5) is 4.68. The molecule has 0 aliphatic heterocycles. The zero-order valence-electron chi connectivity index (χ0n) is 15.9. The second-order valence-electron chi connectivity index (χ2n) is 7.11. The van der Waals surface area contributed by atoms with E-state index in [4.69, 9.17) is 4.42 Å². The van der Waals surface area contributed by atoms with E-state index in [1.54, 1.807) is 0 Å². The van der Waals surface area contributed by atoms with Gasteiger partial charge in [0.2, 0.25) is 11.6 Å². The number of benzene rings is 2. The van der Waals surface area contributed by atoms with E-state index < -0.39 is 0 Å². The average molecular weight is 343 g/mol. The Kier molecular flexibility index (Phi) is 3.87. The summed E-state index contributed by atoms with van der Waals surface area (Å²) < 4.78 is 8.24. The zero-order chi connectivity index (χ0) is 18.4. The molecule has 0 unspecified atom stereocenters. The molecule has 130 valence electrons. The third kappa shape index (κ3) is 2.70. The van der Waals surface area contributed by atoms with Crippen LogP contribution in [0, 0.1) is 27.7 Å². The minimum atomic E-state index is 0.657. The summed E-state index contributed by atoms with van der Waals surface area (Å²) in [5.74, 6) is 0.657. The molecular weight excluding hydrogens is 320 g/mol. The minimum Gasteiger partial charge on any atom is -0.384 e. The molecule has 0 aliphatic carbocycles. The van der Waals surface area contributed by atoms with E-state index in [1.165, 1.54) is 27.8 Å². The fourth-order valence-electron chi connectivity index (χ4n) is 3.45. The zero-order valence-corrected chi connectivity index (χ0v) is 15.9. The fraction of sp³-hybridized carbons (Fsp3) is 0.217. The number of rotatable bonds is 2. The van der Waals surface area contributed by atoms with Gasteiger partial charge in [-0.1, -0.05) is 29.3 Å². The van der Waals surface area contributed by atoms with Gasteiger partial charge in [-0.15, -0.1) is 0 Å². The number of aryl methyl sites for hydroxylation is 4. The Labute approximate surface area is 153 Å². The lowest BCUT2D eigenvalue weighted by atomic mass is 9.97. The summed E-state index contributed by atoms with van der Waals surface area (Å²) in [7, 11) is 2.04. The molecule has 26 heavy (non-hydrogen) atoms. The Hall–Kier alpha value is -2.94. The Morgan fingerprint density at radius 1 is 0.846 bits per heavy atom. The van der Waals surface area contributed by atoms with E-state index in [2.05, 4.69) is 79.7 Å². The molecule has 0 spiro atoms. The van der Waals surface area contributed by atoms with Gasteiger partial charge in [0.15, 0.2) is 5.52 Å². The monoisotopic (exact) mass is 343 g/mol. The van der Waals surface area contributed by atoms with Crippen LogP contribution in [0.1, 0.15) is 22.3 Å². The third-order valence-corrected chi connectivity index (χ3v) is 5.09. The second-order valence-corrected chi connectivity index (χ2v) is 7.11. The van der Waals surface area contributed by atoms with Crippen LogP contribution in [0.5, 0.6) is 0 Å². The number of aromatic nitrogens is 2. The number of fused-ring (bicyclic) bond motifs is 1. The summed E-state index contributed by atoms with van der Waals surface area (Å²) in [6.45, 7) is 8.55. The molecule has 0 N–H and O–H groups in total. The molecule has 0 fully saturated rings. The van der Waals surface area contributed by atoms with Crippen molar-refractivity contribution in [1.82, 2.24) is 4.98 Å². The first-order valence-electron chi connectivity index (χ1n) is 8.89. The molecule has 4 rings (SSSR count). The van der Waals surface area contributed by atoms with Crippen molar-refractivity contribution in [3.05, 3.63) is 70.8 Å². The predicted octanol–water partition coefficient (Wildman–Crippen LogP) is 5.22. The third-order valence-electron chi connectivity index (χ3n) is 5.09. The number of hydrogen-bond acceptors (Lipinski definition) is 2. The second kappa shape index (κ2) is 6.10. The van der Waals surface area contributed by atoms with E-state index in [0.717, 1.165) is 22.5 Å². The van der Waals surface area contributed by atoms with E-state index in [1.807, 2.05) is 13.1 Å². The highest BCUT2D eigenvalue weighted by Crippen LogP contribution is 2.28. The van der Waals surface area contributed by atoms with Crippen LogP contribution in [-0.2, 0) is 7.05 Å². The van der Waals surface area contributed by atoms with Gasteiger partial charge in [-0.05, 0) is 63.1 Å². The molecule has 0 saturated heterocycles. The molecule has 2 aromatic heterocycles. The lowest BCUT2D eigenvalue weighted by Crippen LogP contribution is -2.31. The summed E-state index contributed by atoms with van der Waals surface area (Å²) in [6, 6.07) is 16.9. The molecule has 0 amide bonds. The Bertz CT molecular complexity index is 1120. The van der Waals surface area contributed by atoms with Crippen molar-refractivity contribution in [1.29, 1.82) is 0 Å². The van der Waals surface area contributed by atoms with Crippen molar-refractivity contribution >= 4 is 11.2 Å². The van der Waals surface area contributed by atoms with E-state index >= 15 is 0 Å². The van der Waals surface area contributed by atoms with Crippen molar-refractivity contribution in [3.8, 4) is 22.7 Å². The SMILES string of the molecule is Cc1ccc(-c2nc3ccc(-c4cc(C)cc(C)c4C)[n+](C)c3o2)cc1. The lowest BCUT2D eigenvalue weighted by Gasteiger charge is -2.08. The van der Waals surface area contributed by atoms with Crippen LogP contribution >= 0.6 is 0 Å². The maximum absolute atomic E-state index is 6.14. The van der Waals surface area contributed by atoms with E-state index in [9.17, 15) is 0 Å². The molecule has 0 bridgehead atoms. The van der Waals surface area contributed by atoms with Crippen molar-refractivity contribution in [3.63, 3.8) is 0 Å². The molecule has 2 heterocycles. The highest BCUT2D eigenvalue weighted by atomic mass is 16.4. The van der Waals surface area contributed by atoms with Crippen LogP contribution in [0.25, 0.3) is 33.9 Å². The van der Waals surface area contributed by atoms with Crippen LogP contribution in [-0.4, -0.2) is 4.98 Å². The van der Waals surface area contributed by atoms with Crippen LogP contribution in [0.2, 0.25) is 0 Å². The lowest BCUT2D eigenvalue weighted by molar-refractivity contribution is -0.640. The van der Waals surface area contributed by atoms with Gasteiger partial charge >= 0.3 is 5.71 Å². The summed E-state index contributed by atoms with van der Waals surface area (Å²) in [5.41, 5.74) is 10.1. The van der Waals surface area contributed by atoms with Gasteiger partial charge in [0.1, 0.15) is 7.05 Å². The Balaban J connectivity index is 1.89. The normalized spacial score (nSPS) is 11.3. The average Bonchev–Trinajstić information content (AvgIpc) is 3.04. The smallest absolute Gasteiger partial charge is 0.384 e. The van der Waals surface area contributed by atoms with Gasteiger partial charge in [0, 0.05) is 17.2 Å². The van der Waals surface area contributed by atoms with Crippen molar-refractivity contribution in [2.24, 2.45) is 7.05 Å². The molecule has 3 heteroatoms. The highest BCUT2D eigenvalue weighted by molar-refractivity contribution is 5.74. The highest BCUT2D eigenvalue weighted by Gasteiger charge is 2.22. The Morgan fingerprint density at radius 2 is 1.58 bits per heavy atom. The molecule has 0 saturated carbocycles. The largest absolute Gasteiger partial charge is 0.401 e. The van der Waals surface area contributed by atoms with E-state index in [0.29, 0.717) is 5.89 Å². The van der Waals surface area contributed by atoms with Gasteiger partial charge < -0.3 is 4.42 Å². The first-order chi connectivity index (χ1) is 12.4. The topological polar surface area (TPSA) is 29.9 Å².